The van der Waals surface area contributed by atoms with Crippen molar-refractivity contribution in [1.29, 1.82) is 0 Å². The zero-order valence-electron chi connectivity index (χ0n) is 6.71. The van der Waals surface area contributed by atoms with Crippen molar-refractivity contribution >= 4 is 7.12 Å². The summed E-state index contributed by atoms with van der Waals surface area (Å²) in [6.07, 6.45) is 6.33. The van der Waals surface area contributed by atoms with Crippen LogP contribution in [0.15, 0.2) is 0 Å². The predicted molar refractivity (Wildman–Crippen MR) is 43.8 cm³/mol. The molecule has 0 aliphatic heterocycles. The van der Waals surface area contributed by atoms with E-state index in [4.69, 9.17) is 10.0 Å². The standard InChI is InChI=1S/C7H17BO2/c1-2-3-4-5-6-7-8(9)10/h9-10H,2-7H2,1H3. The second-order valence-electron chi connectivity index (χ2n) is 2.68. The average Bonchev–Trinajstić information content (AvgIpc) is 1.87. The fourth-order valence-electron chi connectivity index (χ4n) is 0.930. The smallest absolute Gasteiger partial charge is 0.427 e. The van der Waals surface area contributed by atoms with Crippen LogP contribution >= 0.6 is 0 Å². The third kappa shape index (κ3) is 7.98. The predicted octanol–water partition coefficient (Wildman–Crippen LogP) is 1.43. The Hall–Kier alpha value is -0.0151. The van der Waals surface area contributed by atoms with Crippen LogP contribution in [0.5, 0.6) is 0 Å². The molecule has 0 bridgehead atoms. The van der Waals surface area contributed by atoms with Crippen molar-refractivity contribution in [2.75, 3.05) is 0 Å². The van der Waals surface area contributed by atoms with E-state index in [0.717, 1.165) is 12.8 Å². The van der Waals surface area contributed by atoms with Gasteiger partial charge in [0.1, 0.15) is 0 Å². The lowest BCUT2D eigenvalue weighted by molar-refractivity contribution is 0.401. The van der Waals surface area contributed by atoms with Crippen LogP contribution in [0.25, 0.3) is 0 Å². The molecular weight excluding hydrogens is 127 g/mol. The topological polar surface area (TPSA) is 40.5 Å². The summed E-state index contributed by atoms with van der Waals surface area (Å²) in [6, 6.07) is 0. The van der Waals surface area contributed by atoms with E-state index in [1.807, 2.05) is 0 Å². The fourth-order valence-corrected chi connectivity index (χ4v) is 0.930. The van der Waals surface area contributed by atoms with Gasteiger partial charge in [-0.2, -0.15) is 0 Å². The van der Waals surface area contributed by atoms with Crippen LogP contribution in [0.3, 0.4) is 0 Å². The molecule has 0 spiro atoms. The monoisotopic (exact) mass is 144 g/mol. The minimum atomic E-state index is -1.10. The first-order chi connectivity index (χ1) is 4.77. The lowest BCUT2D eigenvalue weighted by Crippen LogP contribution is -2.09. The highest BCUT2D eigenvalue weighted by atomic mass is 16.4. The van der Waals surface area contributed by atoms with E-state index in [-0.39, 0.29) is 0 Å². The Kier molecular flexibility index (Phi) is 7.09. The van der Waals surface area contributed by atoms with Gasteiger partial charge in [0.2, 0.25) is 0 Å². The maximum atomic E-state index is 8.46. The highest BCUT2D eigenvalue weighted by Crippen LogP contribution is 2.05. The van der Waals surface area contributed by atoms with Gasteiger partial charge in [0, 0.05) is 0 Å². The summed E-state index contributed by atoms with van der Waals surface area (Å²) < 4.78 is 0. The van der Waals surface area contributed by atoms with Crippen LogP contribution in [0.1, 0.15) is 39.0 Å². The van der Waals surface area contributed by atoms with Crippen molar-refractivity contribution < 1.29 is 10.0 Å². The molecule has 0 radical (unpaired) electrons. The summed E-state index contributed by atoms with van der Waals surface area (Å²) in [7, 11) is -1.10. The molecule has 0 aromatic rings. The second-order valence-corrected chi connectivity index (χ2v) is 2.68. The van der Waals surface area contributed by atoms with Crippen LogP contribution in [0, 0.1) is 0 Å². The lowest BCUT2D eigenvalue weighted by atomic mass is 9.83. The molecule has 0 amide bonds. The average molecular weight is 144 g/mol. The maximum Gasteiger partial charge on any atom is 0.451 e. The Labute approximate surface area is 63.4 Å². The first-order valence-electron chi connectivity index (χ1n) is 4.13. The van der Waals surface area contributed by atoms with E-state index >= 15 is 0 Å². The zero-order chi connectivity index (χ0) is 7.82. The van der Waals surface area contributed by atoms with E-state index in [1.54, 1.807) is 0 Å². The second kappa shape index (κ2) is 7.10. The van der Waals surface area contributed by atoms with Gasteiger partial charge in [-0.05, 0) is 6.32 Å². The van der Waals surface area contributed by atoms with Gasteiger partial charge >= 0.3 is 7.12 Å². The molecule has 0 fully saturated rings. The van der Waals surface area contributed by atoms with Gasteiger partial charge < -0.3 is 10.0 Å². The Balaban J connectivity index is 2.77. The van der Waals surface area contributed by atoms with E-state index in [1.165, 1.54) is 19.3 Å². The van der Waals surface area contributed by atoms with Gasteiger partial charge in [0.25, 0.3) is 0 Å². The first kappa shape index (κ1) is 9.98. The molecule has 0 aromatic heterocycles. The van der Waals surface area contributed by atoms with E-state index < -0.39 is 7.12 Å². The van der Waals surface area contributed by atoms with E-state index in [9.17, 15) is 0 Å². The molecule has 3 heteroatoms. The molecule has 2 nitrogen and oxygen atoms in total. The number of unbranched alkanes of at least 4 members (excludes halogenated alkanes) is 4. The van der Waals surface area contributed by atoms with Crippen LogP contribution in [-0.2, 0) is 0 Å². The minimum Gasteiger partial charge on any atom is -0.427 e. The van der Waals surface area contributed by atoms with E-state index in [2.05, 4.69) is 6.92 Å². The number of hydrogen-bond donors (Lipinski definition) is 2. The normalized spacial score (nSPS) is 9.90. The van der Waals surface area contributed by atoms with Crippen molar-refractivity contribution in [3.63, 3.8) is 0 Å². The van der Waals surface area contributed by atoms with Crippen LogP contribution in [0.2, 0.25) is 6.32 Å². The molecule has 0 unspecified atom stereocenters. The van der Waals surface area contributed by atoms with Gasteiger partial charge in [0.15, 0.2) is 0 Å². The molecule has 0 heterocycles. The highest BCUT2D eigenvalue weighted by molar-refractivity contribution is 6.40. The Bertz CT molecular complexity index is 66.6. The summed E-state index contributed by atoms with van der Waals surface area (Å²) in [4.78, 5) is 0. The Morgan fingerprint density at radius 1 is 1.00 bits per heavy atom. The number of hydrogen-bond acceptors (Lipinski definition) is 2. The van der Waals surface area contributed by atoms with Crippen molar-refractivity contribution in [1.82, 2.24) is 0 Å². The lowest BCUT2D eigenvalue weighted by Gasteiger charge is -1.97. The molecular formula is C7H17BO2. The summed E-state index contributed by atoms with van der Waals surface area (Å²) >= 11 is 0. The van der Waals surface area contributed by atoms with Gasteiger partial charge in [0.05, 0.1) is 0 Å². The van der Waals surface area contributed by atoms with Crippen molar-refractivity contribution in [3.05, 3.63) is 0 Å². The molecule has 0 aliphatic carbocycles. The highest BCUT2D eigenvalue weighted by Gasteiger charge is 2.03. The molecule has 0 atom stereocenters. The summed E-state index contributed by atoms with van der Waals surface area (Å²) in [5.41, 5.74) is 0. The van der Waals surface area contributed by atoms with E-state index in [0.29, 0.717) is 6.32 Å². The van der Waals surface area contributed by atoms with Gasteiger partial charge in [-0.15, -0.1) is 0 Å². The molecule has 0 rings (SSSR count). The molecule has 0 saturated carbocycles. The third-order valence-corrected chi connectivity index (χ3v) is 1.57. The van der Waals surface area contributed by atoms with Crippen LogP contribution in [0.4, 0.5) is 0 Å². The molecule has 0 aliphatic rings. The van der Waals surface area contributed by atoms with Crippen LogP contribution in [-0.4, -0.2) is 17.2 Å². The van der Waals surface area contributed by atoms with Gasteiger partial charge in [-0.3, -0.25) is 0 Å². The first-order valence-corrected chi connectivity index (χ1v) is 4.13. The molecule has 0 saturated heterocycles. The summed E-state index contributed by atoms with van der Waals surface area (Å²) in [5, 5.41) is 16.9. The fraction of sp³-hybridized carbons (Fsp3) is 1.00. The molecule has 10 heavy (non-hydrogen) atoms. The Morgan fingerprint density at radius 3 is 2.10 bits per heavy atom. The SMILES string of the molecule is CCCCCCCB(O)O. The third-order valence-electron chi connectivity index (χ3n) is 1.57. The molecule has 0 aromatic carbocycles. The van der Waals surface area contributed by atoms with Crippen molar-refractivity contribution in [2.24, 2.45) is 0 Å². The van der Waals surface area contributed by atoms with Crippen molar-refractivity contribution in [2.45, 2.75) is 45.3 Å². The number of rotatable bonds is 6. The quantitative estimate of drug-likeness (QED) is 0.437. The molecule has 60 valence electrons. The van der Waals surface area contributed by atoms with Crippen molar-refractivity contribution in [3.8, 4) is 0 Å². The van der Waals surface area contributed by atoms with Gasteiger partial charge in [-0.1, -0.05) is 39.0 Å². The van der Waals surface area contributed by atoms with Crippen LogP contribution < -0.4 is 0 Å². The molecule has 2 N–H and O–H groups in total. The largest absolute Gasteiger partial charge is 0.451 e. The van der Waals surface area contributed by atoms with Gasteiger partial charge in [-0.25, -0.2) is 0 Å². The zero-order valence-corrected chi connectivity index (χ0v) is 6.71. The summed E-state index contributed by atoms with van der Waals surface area (Å²) in [6.45, 7) is 2.17. The summed E-state index contributed by atoms with van der Waals surface area (Å²) in [5.74, 6) is 0. The minimum absolute atomic E-state index is 0.531. The maximum absolute atomic E-state index is 8.46. The Morgan fingerprint density at radius 2 is 1.60 bits per heavy atom.